The third kappa shape index (κ3) is 7.17. The molecule has 0 unspecified atom stereocenters. The average Bonchev–Trinajstić information content (AvgIpc) is 2.03. The van der Waals surface area contributed by atoms with Crippen LogP contribution in [0.3, 0.4) is 0 Å². The lowest BCUT2D eigenvalue weighted by atomic mass is 10.1. The zero-order valence-corrected chi connectivity index (χ0v) is 7.76. The average molecular weight is 175 g/mol. The number of nitrogens with two attached hydrogens (primary N) is 2. The highest BCUT2D eigenvalue weighted by Crippen LogP contribution is 1.89. The Morgan fingerprint density at radius 2 is 1.83 bits per heavy atom. The lowest BCUT2D eigenvalue weighted by molar-refractivity contribution is -0.124. The predicted octanol–water partition coefficient (Wildman–Crippen LogP) is -0.691. The summed E-state index contributed by atoms with van der Waals surface area (Å²) < 4.78 is 0. The third-order valence-corrected chi connectivity index (χ3v) is 1.10. The summed E-state index contributed by atoms with van der Waals surface area (Å²) >= 11 is 0. The van der Waals surface area contributed by atoms with E-state index in [2.05, 4.69) is 5.43 Å². The van der Waals surface area contributed by atoms with Crippen LogP contribution in [0.1, 0.15) is 27.2 Å². The molecule has 0 saturated carbocycles. The first-order valence-corrected chi connectivity index (χ1v) is 3.82. The number of carbonyl (C=O) groups excluding carboxylic acids is 2. The van der Waals surface area contributed by atoms with Crippen molar-refractivity contribution in [1.82, 2.24) is 5.43 Å². The molecule has 0 aliphatic rings. The maximum Gasteiger partial charge on any atom is 0.219 e. The van der Waals surface area contributed by atoms with E-state index in [0.29, 0.717) is 0 Å². The lowest BCUT2D eigenvalue weighted by Gasteiger charge is -2.08. The normalized spacial score (nSPS) is 11.0. The molecule has 0 aromatic heterocycles. The van der Waals surface area contributed by atoms with Gasteiger partial charge in [-0.25, -0.2) is 5.43 Å². The fourth-order valence-electron chi connectivity index (χ4n) is 0.521. The summed E-state index contributed by atoms with van der Waals surface area (Å²) in [5, 5.41) is 0. The zero-order valence-electron chi connectivity index (χ0n) is 7.76. The fraction of sp³-hybridized carbons (Fsp3) is 0.714. The highest BCUT2D eigenvalue weighted by atomic mass is 16.1. The van der Waals surface area contributed by atoms with E-state index in [1.807, 2.05) is 13.8 Å². The van der Waals surface area contributed by atoms with E-state index in [4.69, 9.17) is 11.6 Å². The molecule has 12 heavy (non-hydrogen) atoms. The smallest absolute Gasteiger partial charge is 0.219 e. The van der Waals surface area contributed by atoms with Crippen molar-refractivity contribution in [3.8, 4) is 0 Å². The van der Waals surface area contributed by atoms with E-state index in [1.165, 1.54) is 6.92 Å². The van der Waals surface area contributed by atoms with Gasteiger partial charge in [-0.05, 0) is 6.92 Å². The van der Waals surface area contributed by atoms with Crippen LogP contribution in [-0.2, 0) is 9.59 Å². The van der Waals surface area contributed by atoms with Crippen LogP contribution >= 0.6 is 0 Å². The molecule has 0 heterocycles. The van der Waals surface area contributed by atoms with Crippen LogP contribution in [0.15, 0.2) is 0 Å². The predicted molar refractivity (Wildman–Crippen MR) is 47.0 cm³/mol. The number of amides is 1. The summed E-state index contributed by atoms with van der Waals surface area (Å²) in [4.78, 5) is 20.8. The Morgan fingerprint density at radius 3 is 1.92 bits per heavy atom. The van der Waals surface area contributed by atoms with Gasteiger partial charge < -0.3 is 5.73 Å². The number of nitrogens with one attached hydrogen (secondary N) is 1. The second kappa shape index (κ2) is 8.16. The first-order chi connectivity index (χ1) is 5.57. The van der Waals surface area contributed by atoms with Gasteiger partial charge in [0, 0.05) is 0 Å². The van der Waals surface area contributed by atoms with Gasteiger partial charge in [0.2, 0.25) is 5.91 Å². The van der Waals surface area contributed by atoms with Gasteiger partial charge in [0.25, 0.3) is 0 Å². The van der Waals surface area contributed by atoms with Crippen LogP contribution in [0, 0.1) is 0 Å². The van der Waals surface area contributed by atoms with E-state index in [1.54, 1.807) is 0 Å². The maximum atomic E-state index is 10.6. The summed E-state index contributed by atoms with van der Waals surface area (Å²) in [6.45, 7) is 5.34. The Labute approximate surface area is 72.5 Å². The van der Waals surface area contributed by atoms with Gasteiger partial charge in [0.05, 0.1) is 12.5 Å². The molecule has 0 aromatic rings. The van der Waals surface area contributed by atoms with Crippen LogP contribution in [0.2, 0.25) is 0 Å². The Morgan fingerprint density at radius 1 is 1.42 bits per heavy atom. The number of hydrogen-bond acceptors (Lipinski definition) is 4. The number of primary amides is 1. The van der Waals surface area contributed by atoms with Gasteiger partial charge in [-0.1, -0.05) is 13.8 Å². The van der Waals surface area contributed by atoms with E-state index in [0.717, 1.165) is 0 Å². The van der Waals surface area contributed by atoms with Crippen molar-refractivity contribution in [3.63, 3.8) is 0 Å². The molecule has 72 valence electrons. The number of Topliss-reactive ketones (excluding diaryl/α,β-unsaturated/α-hetero) is 1. The third-order valence-electron chi connectivity index (χ3n) is 1.10. The molecule has 0 radical (unpaired) electrons. The van der Waals surface area contributed by atoms with Crippen LogP contribution < -0.4 is 17.0 Å². The first kappa shape index (κ1) is 13.6. The Bertz CT molecular complexity index is 148. The number of rotatable bonds is 4. The van der Waals surface area contributed by atoms with Gasteiger partial charge in [-0.3, -0.25) is 15.4 Å². The molecular weight excluding hydrogens is 158 g/mol. The van der Waals surface area contributed by atoms with Crippen molar-refractivity contribution in [1.29, 1.82) is 0 Å². The van der Waals surface area contributed by atoms with Crippen molar-refractivity contribution in [2.75, 3.05) is 0 Å². The molecule has 0 bridgehead atoms. The Hall–Kier alpha value is -0.940. The van der Waals surface area contributed by atoms with Crippen LogP contribution in [0.5, 0.6) is 0 Å². The lowest BCUT2D eigenvalue weighted by Crippen LogP contribution is -2.42. The van der Waals surface area contributed by atoms with Crippen molar-refractivity contribution in [3.05, 3.63) is 0 Å². The van der Waals surface area contributed by atoms with Crippen LogP contribution in [0.25, 0.3) is 0 Å². The standard InChI is InChI=1S/C5H11N3O2.C2H6/c1-3(9)4(8-7)2-5(6)10;1-2/h4,8H,2,7H2,1H3,(H2,6,10);1-2H3/t4-;/m0./s1. The molecule has 0 aromatic carbocycles. The molecular formula is C7H17N3O2. The highest BCUT2D eigenvalue weighted by molar-refractivity contribution is 5.87. The van der Waals surface area contributed by atoms with Crippen LogP contribution in [0.4, 0.5) is 0 Å². The van der Waals surface area contributed by atoms with Crippen molar-refractivity contribution in [2.45, 2.75) is 33.2 Å². The number of hydrogen-bond donors (Lipinski definition) is 3. The summed E-state index contributed by atoms with van der Waals surface area (Å²) in [6.07, 6.45) is -0.0498. The van der Waals surface area contributed by atoms with Gasteiger partial charge in [0.15, 0.2) is 0 Å². The minimum Gasteiger partial charge on any atom is -0.370 e. The molecule has 0 saturated heterocycles. The van der Waals surface area contributed by atoms with Gasteiger partial charge in [0.1, 0.15) is 5.78 Å². The van der Waals surface area contributed by atoms with Crippen molar-refractivity contribution >= 4 is 11.7 Å². The monoisotopic (exact) mass is 175 g/mol. The second-order valence-electron chi connectivity index (χ2n) is 2.00. The number of carbonyl (C=O) groups is 2. The summed E-state index contributed by atoms with van der Waals surface area (Å²) in [5.41, 5.74) is 7.00. The maximum absolute atomic E-state index is 10.6. The van der Waals surface area contributed by atoms with Gasteiger partial charge in [-0.15, -0.1) is 0 Å². The zero-order chi connectivity index (χ0) is 10.1. The minimum absolute atomic E-state index is 0.0498. The molecule has 0 rings (SSSR count). The van der Waals surface area contributed by atoms with E-state index >= 15 is 0 Å². The molecule has 1 amide bonds. The molecule has 5 nitrogen and oxygen atoms in total. The van der Waals surface area contributed by atoms with E-state index < -0.39 is 11.9 Å². The summed E-state index contributed by atoms with van der Waals surface area (Å²) in [6, 6.07) is -0.641. The SMILES string of the molecule is CC.CC(=O)[C@H](CC(N)=O)NN. The Kier molecular flexibility index (Phi) is 9.27. The molecule has 5 N–H and O–H groups in total. The minimum atomic E-state index is -0.641. The van der Waals surface area contributed by atoms with Crippen molar-refractivity contribution < 1.29 is 9.59 Å². The van der Waals surface area contributed by atoms with E-state index in [9.17, 15) is 9.59 Å². The molecule has 0 spiro atoms. The summed E-state index contributed by atoms with van der Waals surface area (Å²) in [7, 11) is 0. The molecule has 0 fully saturated rings. The quantitative estimate of drug-likeness (QED) is 0.389. The van der Waals surface area contributed by atoms with E-state index in [-0.39, 0.29) is 12.2 Å². The molecule has 0 aliphatic carbocycles. The Balaban J connectivity index is 0. The topological polar surface area (TPSA) is 98.2 Å². The highest BCUT2D eigenvalue weighted by Gasteiger charge is 2.13. The molecule has 5 heteroatoms. The molecule has 1 atom stereocenters. The van der Waals surface area contributed by atoms with Crippen molar-refractivity contribution in [2.24, 2.45) is 11.6 Å². The fourth-order valence-corrected chi connectivity index (χ4v) is 0.521. The van der Waals surface area contributed by atoms with Crippen LogP contribution in [-0.4, -0.2) is 17.7 Å². The number of ketones is 1. The second-order valence-corrected chi connectivity index (χ2v) is 2.00. The first-order valence-electron chi connectivity index (χ1n) is 3.82. The summed E-state index contributed by atoms with van der Waals surface area (Å²) in [5.74, 6) is 4.21. The largest absolute Gasteiger partial charge is 0.370 e. The number of hydrazine groups is 1. The molecule has 0 aliphatic heterocycles. The van der Waals surface area contributed by atoms with Gasteiger partial charge in [-0.2, -0.15) is 0 Å². The van der Waals surface area contributed by atoms with Gasteiger partial charge >= 0.3 is 0 Å².